The lowest BCUT2D eigenvalue weighted by Crippen LogP contribution is -2.34. The molecule has 18 heavy (non-hydrogen) atoms. The molecule has 0 heterocycles. The predicted molar refractivity (Wildman–Crippen MR) is 61.5 cm³/mol. The third-order valence-corrected chi connectivity index (χ3v) is 2.14. The topological polar surface area (TPSA) is 142 Å². The van der Waals surface area contributed by atoms with Crippen molar-refractivity contribution in [2.24, 2.45) is 5.73 Å². The summed E-state index contributed by atoms with van der Waals surface area (Å²) in [5.74, 6) is -0.932. The molecule has 8 nitrogen and oxygen atoms in total. The molecule has 1 unspecified atom stereocenters. The Balaban J connectivity index is 2.92. The average molecular weight is 250 g/mol. The third kappa shape index (κ3) is 3.16. The maximum atomic E-state index is 10.8. The number of carbonyl (C=O) groups is 1. The maximum absolute atomic E-state index is 10.8. The van der Waals surface area contributed by atoms with E-state index in [9.17, 15) is 14.9 Å². The first-order valence-electron chi connectivity index (χ1n) is 4.85. The van der Waals surface area contributed by atoms with Gasteiger partial charge in [-0.3, -0.25) is 14.9 Å². The first-order valence-corrected chi connectivity index (χ1v) is 4.85. The molecule has 1 aromatic carbocycles. The highest BCUT2D eigenvalue weighted by Gasteiger charge is 2.17. The number of nitrogens with two attached hydrogens (primary N) is 1. The zero-order valence-electron chi connectivity index (χ0n) is 9.16. The summed E-state index contributed by atoms with van der Waals surface area (Å²) >= 11 is 0. The van der Waals surface area contributed by atoms with Crippen LogP contribution in [0.4, 0.5) is 11.4 Å². The number of carbonyl (C=O) groups excluding carboxylic acids is 1. The number of hydrogen-bond acceptors (Lipinski definition) is 6. The lowest BCUT2D eigenvalue weighted by atomic mass is 10.2. The van der Waals surface area contributed by atoms with Gasteiger partial charge in [0.25, 0.3) is 5.69 Å². The number of nitro benzene ring substituents is 1. The number of primary amides is 1. The van der Waals surface area contributed by atoms with Gasteiger partial charge in [-0.05, 0) is 12.1 Å². The number of nitriles is 1. The Kier molecular flexibility index (Phi) is 4.17. The van der Waals surface area contributed by atoms with Crippen LogP contribution in [0, 0.1) is 21.4 Å². The molecule has 94 valence electrons. The highest BCUT2D eigenvalue weighted by Crippen LogP contribution is 2.25. The molecule has 0 fully saturated rings. The molecule has 0 saturated heterocycles. The number of aliphatic hydroxyl groups is 1. The summed E-state index contributed by atoms with van der Waals surface area (Å²) in [5, 5.41) is 31.1. The number of hydrogen-bond donors (Lipinski definition) is 3. The molecular formula is C10H10N4O4. The van der Waals surface area contributed by atoms with E-state index in [1.807, 2.05) is 0 Å². The zero-order valence-corrected chi connectivity index (χ0v) is 9.16. The number of rotatable bonds is 5. The van der Waals surface area contributed by atoms with Crippen molar-refractivity contribution in [3.8, 4) is 6.07 Å². The van der Waals surface area contributed by atoms with Crippen LogP contribution in [0.1, 0.15) is 5.56 Å². The number of nitrogens with zero attached hydrogens (tertiary/aromatic N) is 2. The molecule has 0 aromatic heterocycles. The van der Waals surface area contributed by atoms with Gasteiger partial charge in [0.2, 0.25) is 5.91 Å². The van der Waals surface area contributed by atoms with Gasteiger partial charge in [0.1, 0.15) is 11.8 Å². The largest absolute Gasteiger partial charge is 0.381 e. The van der Waals surface area contributed by atoms with Gasteiger partial charge in [-0.25, -0.2) is 0 Å². The second-order valence-corrected chi connectivity index (χ2v) is 3.40. The normalized spacial score (nSPS) is 11.3. The summed E-state index contributed by atoms with van der Waals surface area (Å²) in [4.78, 5) is 20.7. The fourth-order valence-corrected chi connectivity index (χ4v) is 1.21. The van der Waals surface area contributed by atoms with Gasteiger partial charge in [0.15, 0.2) is 0 Å². The second kappa shape index (κ2) is 5.60. The fourth-order valence-electron chi connectivity index (χ4n) is 1.21. The smallest absolute Gasteiger partial charge is 0.293 e. The van der Waals surface area contributed by atoms with E-state index in [1.54, 1.807) is 6.07 Å². The SMILES string of the molecule is N#Cc1ccc(NCC(O)C(N)=O)c([N+](=O)[O-])c1. The first-order chi connectivity index (χ1) is 8.45. The van der Waals surface area contributed by atoms with Crippen molar-refractivity contribution in [1.29, 1.82) is 5.26 Å². The van der Waals surface area contributed by atoms with Crippen molar-refractivity contribution in [2.45, 2.75) is 6.10 Å². The molecule has 0 radical (unpaired) electrons. The number of nitro groups is 1. The first kappa shape index (κ1) is 13.4. The van der Waals surface area contributed by atoms with Gasteiger partial charge >= 0.3 is 0 Å². The van der Waals surface area contributed by atoms with Crippen molar-refractivity contribution in [1.82, 2.24) is 0 Å². The molecule has 0 saturated carbocycles. The Labute approximate surface area is 102 Å². The van der Waals surface area contributed by atoms with Crippen LogP contribution in [0.3, 0.4) is 0 Å². The maximum Gasteiger partial charge on any atom is 0.293 e. The van der Waals surface area contributed by atoms with Crippen LogP contribution in [0.25, 0.3) is 0 Å². The molecule has 0 aliphatic rings. The Hall–Kier alpha value is -2.66. The molecular weight excluding hydrogens is 240 g/mol. The van der Waals surface area contributed by atoms with Crippen molar-refractivity contribution < 1.29 is 14.8 Å². The van der Waals surface area contributed by atoms with Gasteiger partial charge in [-0.2, -0.15) is 5.26 Å². The van der Waals surface area contributed by atoms with E-state index >= 15 is 0 Å². The second-order valence-electron chi connectivity index (χ2n) is 3.40. The Morgan fingerprint density at radius 3 is 2.83 bits per heavy atom. The van der Waals surface area contributed by atoms with Crippen LogP contribution in [-0.2, 0) is 4.79 Å². The summed E-state index contributed by atoms with van der Waals surface area (Å²) in [5.41, 5.74) is 4.76. The van der Waals surface area contributed by atoms with Crippen molar-refractivity contribution >= 4 is 17.3 Å². The number of anilines is 1. The summed E-state index contributed by atoms with van der Waals surface area (Å²) in [7, 11) is 0. The number of nitrogens with one attached hydrogen (secondary N) is 1. The summed E-state index contributed by atoms with van der Waals surface area (Å²) < 4.78 is 0. The minimum Gasteiger partial charge on any atom is -0.381 e. The molecule has 0 spiro atoms. The Morgan fingerprint density at radius 2 is 2.33 bits per heavy atom. The third-order valence-electron chi connectivity index (χ3n) is 2.14. The highest BCUT2D eigenvalue weighted by atomic mass is 16.6. The number of aliphatic hydroxyl groups excluding tert-OH is 1. The van der Waals surface area contributed by atoms with Crippen LogP contribution >= 0.6 is 0 Å². The van der Waals surface area contributed by atoms with Gasteiger partial charge in [-0.15, -0.1) is 0 Å². The summed E-state index contributed by atoms with van der Waals surface area (Å²) in [6, 6.07) is 5.58. The lowest BCUT2D eigenvalue weighted by Gasteiger charge is -2.09. The van der Waals surface area contributed by atoms with Gasteiger partial charge in [0, 0.05) is 6.07 Å². The summed E-state index contributed by atoms with van der Waals surface area (Å²) in [6.07, 6.45) is -1.44. The highest BCUT2D eigenvalue weighted by molar-refractivity contribution is 5.79. The fraction of sp³-hybridized carbons (Fsp3) is 0.200. The van der Waals surface area contributed by atoms with Crippen LogP contribution in [-0.4, -0.2) is 28.6 Å². The number of benzene rings is 1. The Bertz CT molecular complexity index is 523. The van der Waals surface area contributed by atoms with Gasteiger partial charge < -0.3 is 16.2 Å². The molecule has 4 N–H and O–H groups in total. The van der Waals surface area contributed by atoms with Crippen molar-refractivity contribution in [2.75, 3.05) is 11.9 Å². The van der Waals surface area contributed by atoms with E-state index in [-0.39, 0.29) is 23.5 Å². The van der Waals surface area contributed by atoms with E-state index in [1.165, 1.54) is 12.1 Å². The quantitative estimate of drug-likeness (QED) is 0.484. The van der Waals surface area contributed by atoms with Gasteiger partial charge in [-0.1, -0.05) is 0 Å². The van der Waals surface area contributed by atoms with Crippen LogP contribution < -0.4 is 11.1 Å². The minimum atomic E-state index is -1.44. The molecule has 8 heteroatoms. The molecule has 0 aliphatic heterocycles. The average Bonchev–Trinajstić information content (AvgIpc) is 2.35. The van der Waals surface area contributed by atoms with E-state index in [0.717, 1.165) is 6.07 Å². The molecule has 1 amide bonds. The van der Waals surface area contributed by atoms with Gasteiger partial charge in [0.05, 0.1) is 23.1 Å². The van der Waals surface area contributed by atoms with Crippen molar-refractivity contribution in [3.63, 3.8) is 0 Å². The molecule has 0 bridgehead atoms. The molecule has 0 aliphatic carbocycles. The molecule has 1 aromatic rings. The minimum absolute atomic E-state index is 0.0966. The van der Waals surface area contributed by atoms with E-state index in [4.69, 9.17) is 16.1 Å². The summed E-state index contributed by atoms with van der Waals surface area (Å²) in [6.45, 7) is -0.248. The van der Waals surface area contributed by atoms with E-state index in [2.05, 4.69) is 5.32 Å². The van der Waals surface area contributed by atoms with Crippen LogP contribution in [0.5, 0.6) is 0 Å². The standard InChI is InChI=1S/C10H10N4O4/c11-4-6-1-2-7(8(3-6)14(17)18)13-5-9(15)10(12)16/h1-3,9,13,15H,5H2,(H2,12,16). The van der Waals surface area contributed by atoms with E-state index < -0.39 is 16.9 Å². The van der Waals surface area contributed by atoms with E-state index in [0.29, 0.717) is 0 Å². The lowest BCUT2D eigenvalue weighted by molar-refractivity contribution is -0.384. The zero-order chi connectivity index (χ0) is 13.7. The predicted octanol–water partition coefficient (Wildman–Crippen LogP) is -0.275. The monoisotopic (exact) mass is 250 g/mol. The molecule has 1 rings (SSSR count). The van der Waals surface area contributed by atoms with Crippen molar-refractivity contribution in [3.05, 3.63) is 33.9 Å². The van der Waals surface area contributed by atoms with Crippen LogP contribution in [0.2, 0.25) is 0 Å². The molecule has 1 atom stereocenters. The number of amides is 1. The van der Waals surface area contributed by atoms with Crippen LogP contribution in [0.15, 0.2) is 18.2 Å². The Morgan fingerprint density at radius 1 is 1.67 bits per heavy atom.